The Morgan fingerprint density at radius 2 is 2.00 bits per heavy atom. The molecule has 2 N–H and O–H groups in total. The van der Waals surface area contributed by atoms with Crippen molar-refractivity contribution < 1.29 is 27.9 Å². The zero-order chi connectivity index (χ0) is 16.0. The Labute approximate surface area is 121 Å². The second-order valence-electron chi connectivity index (χ2n) is 5.36. The lowest BCUT2D eigenvalue weighted by Gasteiger charge is -2.25. The number of hydrogen-bond donors (Lipinski definition) is 2. The minimum atomic E-state index is -4.44. The molecular weight excluding hydrogens is 289 g/mol. The Morgan fingerprint density at radius 3 is 2.52 bits per heavy atom. The molecule has 0 bridgehead atoms. The summed E-state index contributed by atoms with van der Waals surface area (Å²) in [5.41, 5.74) is 0. The number of amides is 2. The predicted octanol–water partition coefficient (Wildman–Crippen LogP) is 2.47. The van der Waals surface area contributed by atoms with E-state index in [1.807, 2.05) is 0 Å². The zero-order valence-corrected chi connectivity index (χ0v) is 11.9. The number of alkyl halides is 3. The van der Waals surface area contributed by atoms with Crippen LogP contribution in [0.2, 0.25) is 0 Å². The van der Waals surface area contributed by atoms with E-state index < -0.39 is 30.6 Å². The van der Waals surface area contributed by atoms with Gasteiger partial charge in [-0.25, -0.2) is 4.79 Å². The van der Waals surface area contributed by atoms with Crippen LogP contribution in [0.5, 0.6) is 0 Å². The number of hydrogen-bond acceptors (Lipinski definition) is 2. The van der Waals surface area contributed by atoms with Crippen LogP contribution in [-0.2, 0) is 4.79 Å². The van der Waals surface area contributed by atoms with Crippen LogP contribution in [-0.4, -0.2) is 47.8 Å². The Bertz CT molecular complexity index is 374. The Balaban J connectivity index is 2.51. The van der Waals surface area contributed by atoms with Crippen molar-refractivity contribution in [2.24, 2.45) is 11.8 Å². The van der Waals surface area contributed by atoms with Gasteiger partial charge in [0.2, 0.25) is 0 Å². The van der Waals surface area contributed by atoms with Crippen molar-refractivity contribution in [3.8, 4) is 0 Å². The molecule has 122 valence electrons. The molecule has 1 aliphatic carbocycles. The number of urea groups is 1. The third-order valence-electron chi connectivity index (χ3n) is 3.64. The van der Waals surface area contributed by atoms with E-state index in [9.17, 15) is 22.8 Å². The smallest absolute Gasteiger partial charge is 0.406 e. The van der Waals surface area contributed by atoms with E-state index in [1.165, 1.54) is 0 Å². The highest BCUT2D eigenvalue weighted by molar-refractivity contribution is 5.74. The van der Waals surface area contributed by atoms with Gasteiger partial charge in [0.05, 0.1) is 5.92 Å². The molecule has 0 spiro atoms. The first-order chi connectivity index (χ1) is 9.74. The molecule has 1 rings (SSSR count). The molecule has 5 nitrogen and oxygen atoms in total. The molecule has 0 aliphatic heterocycles. The second kappa shape index (κ2) is 7.51. The fraction of sp³-hybridized carbons (Fsp3) is 0.846. The lowest BCUT2D eigenvalue weighted by atomic mass is 9.96. The highest BCUT2D eigenvalue weighted by Crippen LogP contribution is 2.31. The standard InChI is InChI=1S/C13H21F3N2O3/c1-2-6-18(8-13(14,15)16)12(21)17-7-9-4-3-5-10(9)11(19)20/h9-10H,2-8H2,1H3,(H,17,21)(H,19,20). The first-order valence-corrected chi connectivity index (χ1v) is 7.07. The lowest BCUT2D eigenvalue weighted by Crippen LogP contribution is -2.46. The van der Waals surface area contributed by atoms with E-state index in [0.717, 1.165) is 6.42 Å². The molecule has 1 saturated carbocycles. The Hall–Kier alpha value is -1.47. The van der Waals surface area contributed by atoms with Crippen LogP contribution in [0.1, 0.15) is 32.6 Å². The number of halogens is 3. The fourth-order valence-electron chi connectivity index (χ4n) is 2.68. The molecule has 21 heavy (non-hydrogen) atoms. The third-order valence-corrected chi connectivity index (χ3v) is 3.64. The summed E-state index contributed by atoms with van der Waals surface area (Å²) in [6.07, 6.45) is -2.03. The van der Waals surface area contributed by atoms with Crippen molar-refractivity contribution in [2.75, 3.05) is 19.6 Å². The lowest BCUT2D eigenvalue weighted by molar-refractivity contribution is -0.142. The predicted molar refractivity (Wildman–Crippen MR) is 69.8 cm³/mol. The van der Waals surface area contributed by atoms with Gasteiger partial charge in [0, 0.05) is 13.1 Å². The van der Waals surface area contributed by atoms with E-state index >= 15 is 0 Å². The average molecular weight is 310 g/mol. The summed E-state index contributed by atoms with van der Waals surface area (Å²) in [4.78, 5) is 23.5. The van der Waals surface area contributed by atoms with Crippen LogP contribution in [0.25, 0.3) is 0 Å². The van der Waals surface area contributed by atoms with Gasteiger partial charge >= 0.3 is 18.2 Å². The number of carboxylic acid groups (broad SMARTS) is 1. The zero-order valence-electron chi connectivity index (χ0n) is 11.9. The molecule has 2 atom stereocenters. The van der Waals surface area contributed by atoms with Gasteiger partial charge in [0.25, 0.3) is 0 Å². The molecule has 2 amide bonds. The van der Waals surface area contributed by atoms with Gasteiger partial charge in [-0.3, -0.25) is 4.79 Å². The maximum atomic E-state index is 12.4. The van der Waals surface area contributed by atoms with Crippen LogP contribution in [0.4, 0.5) is 18.0 Å². The van der Waals surface area contributed by atoms with Gasteiger partial charge in [-0.1, -0.05) is 13.3 Å². The minimum absolute atomic E-state index is 0.0123. The quantitative estimate of drug-likeness (QED) is 0.792. The van der Waals surface area contributed by atoms with Gasteiger partial charge in [-0.05, 0) is 25.2 Å². The normalized spacial score (nSPS) is 22.1. The van der Waals surface area contributed by atoms with Gasteiger partial charge in [-0.2, -0.15) is 13.2 Å². The van der Waals surface area contributed by atoms with Crippen LogP contribution in [0, 0.1) is 11.8 Å². The summed E-state index contributed by atoms with van der Waals surface area (Å²) in [7, 11) is 0. The van der Waals surface area contributed by atoms with E-state index in [0.29, 0.717) is 24.2 Å². The van der Waals surface area contributed by atoms with Crippen LogP contribution < -0.4 is 5.32 Å². The summed E-state index contributed by atoms with van der Waals surface area (Å²) in [5.74, 6) is -1.64. The molecular formula is C13H21F3N2O3. The van der Waals surface area contributed by atoms with E-state index in [2.05, 4.69) is 5.32 Å². The number of carbonyl (C=O) groups excluding carboxylic acids is 1. The van der Waals surface area contributed by atoms with Crippen LogP contribution >= 0.6 is 0 Å². The highest BCUT2D eigenvalue weighted by atomic mass is 19.4. The molecule has 1 aliphatic rings. The maximum absolute atomic E-state index is 12.4. The summed E-state index contributed by atoms with van der Waals surface area (Å²) in [6.45, 7) is 0.514. The number of nitrogens with zero attached hydrogens (tertiary/aromatic N) is 1. The SMILES string of the molecule is CCCN(CC(F)(F)F)C(=O)NCC1CCCC1C(=O)O. The van der Waals surface area contributed by atoms with Crippen LogP contribution in [0.15, 0.2) is 0 Å². The molecule has 0 aromatic rings. The number of rotatable bonds is 6. The van der Waals surface area contributed by atoms with Gasteiger partial charge in [0.1, 0.15) is 6.54 Å². The molecule has 1 fully saturated rings. The number of aliphatic carboxylic acids is 1. The van der Waals surface area contributed by atoms with Crippen molar-refractivity contribution in [3.05, 3.63) is 0 Å². The summed E-state index contributed by atoms with van der Waals surface area (Å²) >= 11 is 0. The second-order valence-corrected chi connectivity index (χ2v) is 5.36. The third kappa shape index (κ3) is 5.81. The summed E-state index contributed by atoms with van der Waals surface area (Å²) < 4.78 is 37.2. The Morgan fingerprint density at radius 1 is 1.33 bits per heavy atom. The molecule has 0 saturated heterocycles. The average Bonchev–Trinajstić information content (AvgIpc) is 2.82. The first kappa shape index (κ1) is 17.6. The van der Waals surface area contributed by atoms with Gasteiger partial charge in [0.15, 0.2) is 0 Å². The summed E-state index contributed by atoms with van der Waals surface area (Å²) in [5, 5.41) is 11.5. The molecule has 0 aromatic heterocycles. The van der Waals surface area contributed by atoms with Gasteiger partial charge in [-0.15, -0.1) is 0 Å². The highest BCUT2D eigenvalue weighted by Gasteiger charge is 2.35. The molecule has 0 heterocycles. The Kier molecular flexibility index (Phi) is 6.29. The minimum Gasteiger partial charge on any atom is -0.481 e. The number of carboxylic acids is 1. The monoisotopic (exact) mass is 310 g/mol. The number of nitrogens with one attached hydrogen (secondary N) is 1. The van der Waals surface area contributed by atoms with E-state index in [4.69, 9.17) is 5.11 Å². The van der Waals surface area contributed by atoms with Gasteiger partial charge < -0.3 is 15.3 Å². The maximum Gasteiger partial charge on any atom is 0.406 e. The van der Waals surface area contributed by atoms with Crippen molar-refractivity contribution in [2.45, 2.75) is 38.8 Å². The fourth-order valence-corrected chi connectivity index (χ4v) is 2.68. The molecule has 0 aromatic carbocycles. The summed E-state index contributed by atoms with van der Waals surface area (Å²) in [6, 6.07) is -0.787. The molecule has 2 unspecified atom stereocenters. The van der Waals surface area contributed by atoms with E-state index in [-0.39, 0.29) is 19.0 Å². The van der Waals surface area contributed by atoms with Crippen molar-refractivity contribution in [1.82, 2.24) is 10.2 Å². The van der Waals surface area contributed by atoms with Crippen molar-refractivity contribution in [3.63, 3.8) is 0 Å². The van der Waals surface area contributed by atoms with Crippen molar-refractivity contribution in [1.29, 1.82) is 0 Å². The molecule has 0 radical (unpaired) electrons. The van der Waals surface area contributed by atoms with Crippen molar-refractivity contribution >= 4 is 12.0 Å². The first-order valence-electron chi connectivity index (χ1n) is 7.07. The topological polar surface area (TPSA) is 69.6 Å². The van der Waals surface area contributed by atoms with E-state index in [1.54, 1.807) is 6.92 Å². The largest absolute Gasteiger partial charge is 0.481 e. The van der Waals surface area contributed by atoms with Crippen LogP contribution in [0.3, 0.4) is 0 Å². The number of carbonyl (C=O) groups is 2. The molecule has 8 heteroatoms.